The van der Waals surface area contributed by atoms with Gasteiger partial charge in [0.15, 0.2) is 0 Å². The average molecular weight is 258 g/mol. The standard InChI is InChI=1S/C11H22N4OS/c1-3-9(11(13)17)15-6-4-14(5-7-15)8(2)10(12)16/h8-9H,3-7H2,1-2H3,(H2,12,16)(H2,13,17). The molecule has 0 aromatic rings. The number of hydrogen-bond donors (Lipinski definition) is 2. The molecule has 0 aromatic carbocycles. The summed E-state index contributed by atoms with van der Waals surface area (Å²) in [5.74, 6) is -0.264. The number of nitrogens with two attached hydrogens (primary N) is 2. The fourth-order valence-electron chi connectivity index (χ4n) is 2.26. The molecule has 1 aliphatic rings. The van der Waals surface area contributed by atoms with E-state index in [1.54, 1.807) is 0 Å². The van der Waals surface area contributed by atoms with Crippen LogP contribution >= 0.6 is 12.2 Å². The third-order valence-corrected chi connectivity index (χ3v) is 3.74. The van der Waals surface area contributed by atoms with Gasteiger partial charge in [-0.3, -0.25) is 14.6 Å². The molecule has 98 valence electrons. The monoisotopic (exact) mass is 258 g/mol. The molecule has 2 atom stereocenters. The SMILES string of the molecule is CCC(C(N)=S)N1CCN(C(C)C(N)=O)CC1. The fraction of sp³-hybridized carbons (Fsp3) is 0.818. The number of primary amides is 1. The molecule has 6 heteroatoms. The van der Waals surface area contributed by atoms with E-state index >= 15 is 0 Å². The lowest BCUT2D eigenvalue weighted by Gasteiger charge is -2.40. The summed E-state index contributed by atoms with van der Waals surface area (Å²) in [6.07, 6.45) is 0.931. The first-order chi connectivity index (χ1) is 7.97. The predicted molar refractivity (Wildman–Crippen MR) is 72.7 cm³/mol. The van der Waals surface area contributed by atoms with Crippen molar-refractivity contribution in [2.75, 3.05) is 26.2 Å². The molecule has 0 saturated carbocycles. The highest BCUT2D eigenvalue weighted by Crippen LogP contribution is 2.11. The normalized spacial score (nSPS) is 22.0. The Morgan fingerprint density at radius 3 is 2.06 bits per heavy atom. The maximum Gasteiger partial charge on any atom is 0.234 e. The zero-order valence-corrected chi connectivity index (χ0v) is 11.4. The summed E-state index contributed by atoms with van der Waals surface area (Å²) in [5.41, 5.74) is 11.0. The largest absolute Gasteiger partial charge is 0.392 e. The number of amides is 1. The van der Waals surface area contributed by atoms with Crippen molar-refractivity contribution in [2.45, 2.75) is 32.4 Å². The van der Waals surface area contributed by atoms with E-state index in [2.05, 4.69) is 16.7 Å². The lowest BCUT2D eigenvalue weighted by molar-refractivity contribution is -0.123. The quantitative estimate of drug-likeness (QED) is 0.653. The molecule has 1 rings (SSSR count). The van der Waals surface area contributed by atoms with Gasteiger partial charge in [0.05, 0.1) is 17.1 Å². The van der Waals surface area contributed by atoms with E-state index in [4.69, 9.17) is 23.7 Å². The maximum absolute atomic E-state index is 11.1. The third kappa shape index (κ3) is 3.62. The Kier molecular flexibility index (Phi) is 5.30. The van der Waals surface area contributed by atoms with E-state index in [9.17, 15) is 4.79 Å². The average Bonchev–Trinajstić information content (AvgIpc) is 2.29. The summed E-state index contributed by atoms with van der Waals surface area (Å²) in [4.78, 5) is 16.1. The Hall–Kier alpha value is -0.720. The minimum atomic E-state index is -0.264. The van der Waals surface area contributed by atoms with Gasteiger partial charge in [0.2, 0.25) is 5.91 Å². The summed E-state index contributed by atoms with van der Waals surface area (Å²) in [5, 5.41) is 0. The molecular formula is C11H22N4OS. The molecule has 4 N–H and O–H groups in total. The van der Waals surface area contributed by atoms with Crippen LogP contribution < -0.4 is 11.5 Å². The Morgan fingerprint density at radius 2 is 1.71 bits per heavy atom. The Morgan fingerprint density at radius 1 is 1.24 bits per heavy atom. The molecule has 1 heterocycles. The predicted octanol–water partition coefficient (Wildman–Crippen LogP) is -0.457. The zero-order valence-electron chi connectivity index (χ0n) is 10.6. The fourth-order valence-corrected chi connectivity index (χ4v) is 2.57. The van der Waals surface area contributed by atoms with Crippen LogP contribution in [0.4, 0.5) is 0 Å². The van der Waals surface area contributed by atoms with Gasteiger partial charge in [0.1, 0.15) is 0 Å². The van der Waals surface area contributed by atoms with E-state index in [1.165, 1.54) is 0 Å². The molecule has 0 radical (unpaired) electrons. The van der Waals surface area contributed by atoms with Gasteiger partial charge in [-0.05, 0) is 13.3 Å². The summed E-state index contributed by atoms with van der Waals surface area (Å²) >= 11 is 5.07. The molecule has 0 aromatic heterocycles. The van der Waals surface area contributed by atoms with Crippen molar-refractivity contribution < 1.29 is 4.79 Å². The maximum atomic E-state index is 11.1. The van der Waals surface area contributed by atoms with E-state index in [0.29, 0.717) is 4.99 Å². The minimum Gasteiger partial charge on any atom is -0.392 e. The van der Waals surface area contributed by atoms with Crippen LogP contribution in [0.5, 0.6) is 0 Å². The smallest absolute Gasteiger partial charge is 0.234 e. The first kappa shape index (κ1) is 14.3. The Labute approximate surface area is 108 Å². The van der Waals surface area contributed by atoms with Crippen molar-refractivity contribution in [3.8, 4) is 0 Å². The van der Waals surface area contributed by atoms with Crippen molar-refractivity contribution in [1.29, 1.82) is 0 Å². The number of thiocarbonyl (C=S) groups is 1. The topological polar surface area (TPSA) is 75.6 Å². The minimum absolute atomic E-state index is 0.177. The number of carbonyl (C=O) groups excluding carboxylic acids is 1. The number of hydrogen-bond acceptors (Lipinski definition) is 4. The third-order valence-electron chi connectivity index (χ3n) is 3.46. The Balaban J connectivity index is 2.50. The van der Waals surface area contributed by atoms with Gasteiger partial charge in [0.25, 0.3) is 0 Å². The molecular weight excluding hydrogens is 236 g/mol. The van der Waals surface area contributed by atoms with Gasteiger partial charge in [-0.25, -0.2) is 0 Å². The molecule has 1 fully saturated rings. The second-order valence-corrected chi connectivity index (χ2v) is 4.95. The highest BCUT2D eigenvalue weighted by Gasteiger charge is 2.27. The number of nitrogens with zero attached hydrogens (tertiary/aromatic N) is 2. The molecule has 0 bridgehead atoms. The molecule has 1 saturated heterocycles. The second kappa shape index (κ2) is 6.28. The number of rotatable bonds is 5. The molecule has 2 unspecified atom stereocenters. The van der Waals surface area contributed by atoms with Gasteiger partial charge in [-0.15, -0.1) is 0 Å². The van der Waals surface area contributed by atoms with Crippen LogP contribution in [0.25, 0.3) is 0 Å². The summed E-state index contributed by atoms with van der Waals surface area (Å²) in [7, 11) is 0. The molecule has 17 heavy (non-hydrogen) atoms. The van der Waals surface area contributed by atoms with E-state index in [1.807, 2.05) is 6.92 Å². The van der Waals surface area contributed by atoms with Crippen LogP contribution in [0.15, 0.2) is 0 Å². The first-order valence-corrected chi connectivity index (χ1v) is 6.45. The van der Waals surface area contributed by atoms with Gasteiger partial charge in [-0.1, -0.05) is 19.1 Å². The summed E-state index contributed by atoms with van der Waals surface area (Å²) < 4.78 is 0. The molecule has 0 spiro atoms. The lowest BCUT2D eigenvalue weighted by Crippen LogP contribution is -2.57. The Bertz CT molecular complexity index is 289. The van der Waals surface area contributed by atoms with Crippen molar-refractivity contribution in [3.63, 3.8) is 0 Å². The number of carbonyl (C=O) groups is 1. The van der Waals surface area contributed by atoms with Crippen LogP contribution in [0, 0.1) is 0 Å². The van der Waals surface area contributed by atoms with E-state index in [0.717, 1.165) is 32.6 Å². The van der Waals surface area contributed by atoms with E-state index in [-0.39, 0.29) is 18.0 Å². The highest BCUT2D eigenvalue weighted by atomic mass is 32.1. The van der Waals surface area contributed by atoms with Gasteiger partial charge < -0.3 is 11.5 Å². The van der Waals surface area contributed by atoms with Gasteiger partial charge in [-0.2, -0.15) is 0 Å². The van der Waals surface area contributed by atoms with Crippen LogP contribution in [0.2, 0.25) is 0 Å². The van der Waals surface area contributed by atoms with E-state index < -0.39 is 0 Å². The molecule has 0 aliphatic carbocycles. The van der Waals surface area contributed by atoms with Gasteiger partial charge in [0, 0.05) is 26.2 Å². The lowest BCUT2D eigenvalue weighted by atomic mass is 10.1. The highest BCUT2D eigenvalue weighted by molar-refractivity contribution is 7.80. The van der Waals surface area contributed by atoms with Crippen LogP contribution in [0.3, 0.4) is 0 Å². The van der Waals surface area contributed by atoms with Crippen LogP contribution in [-0.2, 0) is 4.79 Å². The van der Waals surface area contributed by atoms with Crippen LogP contribution in [0.1, 0.15) is 20.3 Å². The molecule has 5 nitrogen and oxygen atoms in total. The van der Waals surface area contributed by atoms with Crippen molar-refractivity contribution in [3.05, 3.63) is 0 Å². The number of piperazine rings is 1. The van der Waals surface area contributed by atoms with Crippen LogP contribution in [-0.4, -0.2) is 59.0 Å². The van der Waals surface area contributed by atoms with Crippen molar-refractivity contribution in [1.82, 2.24) is 9.80 Å². The van der Waals surface area contributed by atoms with Crippen molar-refractivity contribution in [2.24, 2.45) is 11.5 Å². The summed E-state index contributed by atoms with van der Waals surface area (Å²) in [6.45, 7) is 7.37. The first-order valence-electron chi connectivity index (χ1n) is 6.04. The molecule has 1 amide bonds. The van der Waals surface area contributed by atoms with Crippen molar-refractivity contribution >= 4 is 23.1 Å². The van der Waals surface area contributed by atoms with Gasteiger partial charge >= 0.3 is 0 Å². The second-order valence-electron chi connectivity index (χ2n) is 4.48. The zero-order chi connectivity index (χ0) is 13.0. The summed E-state index contributed by atoms with van der Waals surface area (Å²) in [6, 6.07) is -0.0157. The molecule has 1 aliphatic heterocycles.